The van der Waals surface area contributed by atoms with E-state index in [1.54, 1.807) is 0 Å². The summed E-state index contributed by atoms with van der Waals surface area (Å²) in [5.41, 5.74) is -0.715. The van der Waals surface area contributed by atoms with Gasteiger partial charge >= 0.3 is 6.18 Å². The first kappa shape index (κ1) is 19.2. The third kappa shape index (κ3) is 5.74. The Balaban J connectivity index is 1.94. The predicted octanol–water partition coefficient (Wildman–Crippen LogP) is 2.74. The van der Waals surface area contributed by atoms with Crippen LogP contribution in [0.15, 0.2) is 24.3 Å². The second-order valence-corrected chi connectivity index (χ2v) is 5.91. The van der Waals surface area contributed by atoms with E-state index >= 15 is 0 Å². The van der Waals surface area contributed by atoms with Crippen LogP contribution in [-0.2, 0) is 20.5 Å². The number of ether oxygens (including phenoxy) is 1. The number of hydrogen-bond donors (Lipinski definition) is 1. The van der Waals surface area contributed by atoms with E-state index in [0.717, 1.165) is 25.0 Å². The SMILES string of the molecule is CC(=O)N(CCC(=O)NCC1CCCO1)c1cccc(C(F)(F)F)c1. The highest BCUT2D eigenvalue weighted by molar-refractivity contribution is 5.92. The molecule has 0 bridgehead atoms. The predicted molar refractivity (Wildman–Crippen MR) is 86.1 cm³/mol. The van der Waals surface area contributed by atoms with E-state index in [1.807, 2.05) is 0 Å². The zero-order chi connectivity index (χ0) is 18.4. The zero-order valence-corrected chi connectivity index (χ0v) is 13.9. The fourth-order valence-corrected chi connectivity index (χ4v) is 2.65. The number of nitrogens with one attached hydrogen (secondary N) is 1. The Morgan fingerprint density at radius 2 is 2.12 bits per heavy atom. The summed E-state index contributed by atoms with van der Waals surface area (Å²) in [6.07, 6.45) is -2.62. The van der Waals surface area contributed by atoms with Crippen LogP contribution in [0.25, 0.3) is 0 Å². The van der Waals surface area contributed by atoms with E-state index in [2.05, 4.69) is 5.32 Å². The Morgan fingerprint density at radius 3 is 2.72 bits per heavy atom. The maximum absolute atomic E-state index is 12.8. The Morgan fingerprint density at radius 1 is 1.36 bits per heavy atom. The highest BCUT2D eigenvalue weighted by Gasteiger charge is 2.31. The molecule has 0 saturated carbocycles. The van der Waals surface area contributed by atoms with Gasteiger partial charge in [0.2, 0.25) is 11.8 Å². The second-order valence-electron chi connectivity index (χ2n) is 5.91. The van der Waals surface area contributed by atoms with E-state index < -0.39 is 17.6 Å². The van der Waals surface area contributed by atoms with Crippen molar-refractivity contribution in [1.82, 2.24) is 5.32 Å². The number of anilines is 1. The maximum atomic E-state index is 12.8. The van der Waals surface area contributed by atoms with Crippen LogP contribution in [0.1, 0.15) is 31.7 Å². The van der Waals surface area contributed by atoms with Gasteiger partial charge in [0.25, 0.3) is 0 Å². The molecule has 1 unspecified atom stereocenters. The number of halogens is 3. The van der Waals surface area contributed by atoms with Crippen LogP contribution in [0.4, 0.5) is 18.9 Å². The van der Waals surface area contributed by atoms with Crippen molar-refractivity contribution in [2.24, 2.45) is 0 Å². The molecule has 138 valence electrons. The van der Waals surface area contributed by atoms with Gasteiger partial charge in [-0.1, -0.05) is 6.07 Å². The normalized spacial score (nSPS) is 17.4. The lowest BCUT2D eigenvalue weighted by Crippen LogP contribution is -2.36. The van der Waals surface area contributed by atoms with Gasteiger partial charge in [-0.2, -0.15) is 13.2 Å². The van der Waals surface area contributed by atoms with E-state index in [9.17, 15) is 22.8 Å². The summed E-state index contributed by atoms with van der Waals surface area (Å²) in [5, 5.41) is 2.72. The number of benzene rings is 1. The van der Waals surface area contributed by atoms with Crippen molar-refractivity contribution >= 4 is 17.5 Å². The van der Waals surface area contributed by atoms with Crippen LogP contribution < -0.4 is 10.2 Å². The van der Waals surface area contributed by atoms with Gasteiger partial charge in [-0.25, -0.2) is 0 Å². The second kappa shape index (κ2) is 8.33. The lowest BCUT2D eigenvalue weighted by Gasteiger charge is -2.22. The molecule has 1 aromatic rings. The lowest BCUT2D eigenvalue weighted by molar-refractivity contribution is -0.137. The first-order valence-electron chi connectivity index (χ1n) is 8.11. The topological polar surface area (TPSA) is 58.6 Å². The van der Waals surface area contributed by atoms with Gasteiger partial charge in [0.05, 0.1) is 11.7 Å². The molecule has 2 rings (SSSR count). The smallest absolute Gasteiger partial charge is 0.376 e. The molecule has 5 nitrogen and oxygen atoms in total. The Kier molecular flexibility index (Phi) is 6.41. The van der Waals surface area contributed by atoms with Gasteiger partial charge in [-0.3, -0.25) is 9.59 Å². The van der Waals surface area contributed by atoms with E-state index in [4.69, 9.17) is 4.74 Å². The first-order chi connectivity index (χ1) is 11.8. The zero-order valence-electron chi connectivity index (χ0n) is 13.9. The Labute approximate surface area is 144 Å². The van der Waals surface area contributed by atoms with Crippen molar-refractivity contribution in [3.63, 3.8) is 0 Å². The third-order valence-corrected chi connectivity index (χ3v) is 3.98. The number of carbonyl (C=O) groups is 2. The molecular formula is C17H21F3N2O3. The Hall–Kier alpha value is -2.09. The first-order valence-corrected chi connectivity index (χ1v) is 8.11. The minimum atomic E-state index is -4.49. The summed E-state index contributed by atoms with van der Waals surface area (Å²) in [6.45, 7) is 2.36. The van der Waals surface area contributed by atoms with E-state index in [0.29, 0.717) is 13.2 Å². The van der Waals surface area contributed by atoms with Gasteiger partial charge < -0.3 is 15.0 Å². The van der Waals surface area contributed by atoms with Crippen LogP contribution in [0, 0.1) is 0 Å². The highest BCUT2D eigenvalue weighted by atomic mass is 19.4. The monoisotopic (exact) mass is 358 g/mol. The van der Waals surface area contributed by atoms with Crippen molar-refractivity contribution < 1.29 is 27.5 Å². The minimum Gasteiger partial charge on any atom is -0.376 e. The van der Waals surface area contributed by atoms with Crippen LogP contribution in [0.2, 0.25) is 0 Å². The van der Waals surface area contributed by atoms with Gasteiger partial charge in [0.15, 0.2) is 0 Å². The van der Waals surface area contributed by atoms with Crippen LogP contribution in [0.3, 0.4) is 0 Å². The standard InChI is InChI=1S/C17H21F3N2O3/c1-12(23)22(14-5-2-4-13(10-14)17(18,19)20)8-7-16(24)21-11-15-6-3-9-25-15/h2,4-5,10,15H,3,6-9,11H2,1H3,(H,21,24). The number of rotatable bonds is 6. The number of hydrogen-bond acceptors (Lipinski definition) is 3. The number of alkyl halides is 3. The fourth-order valence-electron chi connectivity index (χ4n) is 2.65. The summed E-state index contributed by atoms with van der Waals surface area (Å²) in [6, 6.07) is 4.51. The minimum absolute atomic E-state index is 0.00253. The largest absolute Gasteiger partial charge is 0.416 e. The lowest BCUT2D eigenvalue weighted by atomic mass is 10.1. The Bertz CT molecular complexity index is 613. The molecule has 1 aliphatic heterocycles. The van der Waals surface area contributed by atoms with E-state index in [-0.39, 0.29) is 30.7 Å². The van der Waals surface area contributed by atoms with Crippen molar-refractivity contribution in [2.75, 3.05) is 24.6 Å². The maximum Gasteiger partial charge on any atom is 0.416 e. The summed E-state index contributed by atoms with van der Waals surface area (Å²) in [5.74, 6) is -0.694. The molecule has 0 aromatic heterocycles. The quantitative estimate of drug-likeness (QED) is 0.851. The third-order valence-electron chi connectivity index (χ3n) is 3.98. The van der Waals surface area contributed by atoms with Crippen LogP contribution in [0.5, 0.6) is 0 Å². The van der Waals surface area contributed by atoms with Crippen molar-refractivity contribution in [2.45, 2.75) is 38.5 Å². The molecule has 1 N–H and O–H groups in total. The average Bonchev–Trinajstić information content (AvgIpc) is 3.06. The summed E-state index contributed by atoms with van der Waals surface area (Å²) in [4.78, 5) is 24.8. The summed E-state index contributed by atoms with van der Waals surface area (Å²) < 4.78 is 43.8. The number of nitrogens with zero attached hydrogens (tertiary/aromatic N) is 1. The van der Waals surface area contributed by atoms with Crippen molar-refractivity contribution in [3.05, 3.63) is 29.8 Å². The molecule has 1 aliphatic rings. The van der Waals surface area contributed by atoms with Crippen LogP contribution >= 0.6 is 0 Å². The average molecular weight is 358 g/mol. The fraction of sp³-hybridized carbons (Fsp3) is 0.529. The summed E-state index contributed by atoms with van der Waals surface area (Å²) in [7, 11) is 0. The van der Waals surface area contributed by atoms with E-state index in [1.165, 1.54) is 24.0 Å². The van der Waals surface area contributed by atoms with Crippen LogP contribution in [-0.4, -0.2) is 37.6 Å². The molecule has 0 aliphatic carbocycles. The van der Waals surface area contributed by atoms with Crippen molar-refractivity contribution in [3.8, 4) is 0 Å². The highest BCUT2D eigenvalue weighted by Crippen LogP contribution is 2.31. The summed E-state index contributed by atoms with van der Waals surface area (Å²) >= 11 is 0. The molecule has 25 heavy (non-hydrogen) atoms. The molecule has 0 radical (unpaired) electrons. The molecule has 2 amide bonds. The number of carbonyl (C=O) groups excluding carboxylic acids is 2. The van der Waals surface area contributed by atoms with Crippen molar-refractivity contribution in [1.29, 1.82) is 0 Å². The van der Waals surface area contributed by atoms with Gasteiger partial charge in [0, 0.05) is 38.7 Å². The molecule has 1 heterocycles. The molecule has 1 atom stereocenters. The molecule has 0 spiro atoms. The molecule has 1 aromatic carbocycles. The molecule has 1 fully saturated rings. The van der Waals surface area contributed by atoms with Gasteiger partial charge in [-0.15, -0.1) is 0 Å². The number of amides is 2. The van der Waals surface area contributed by atoms with Gasteiger partial charge in [0.1, 0.15) is 0 Å². The van der Waals surface area contributed by atoms with Gasteiger partial charge in [-0.05, 0) is 31.0 Å². The molecule has 8 heteroatoms. The molecular weight excluding hydrogens is 337 g/mol. The molecule has 1 saturated heterocycles.